The Morgan fingerprint density at radius 1 is 1.07 bits per heavy atom. The number of hydrogen-bond donors (Lipinski definition) is 6. The first kappa shape index (κ1) is 22.4. The smallest absolute Gasteiger partial charge is 0.339 e. The van der Waals surface area contributed by atoms with Gasteiger partial charge in [0.15, 0.2) is 0 Å². The van der Waals surface area contributed by atoms with Gasteiger partial charge in [0.25, 0.3) is 0 Å². The molecule has 0 aromatic heterocycles. The van der Waals surface area contributed by atoms with Gasteiger partial charge in [0.05, 0.1) is 0 Å². The van der Waals surface area contributed by atoms with Crippen molar-refractivity contribution in [3.05, 3.63) is 0 Å². The van der Waals surface area contributed by atoms with E-state index in [1.807, 2.05) is 5.32 Å². The number of urea groups is 1. The van der Waals surface area contributed by atoms with Crippen molar-refractivity contribution in [3.63, 3.8) is 0 Å². The molecule has 27 heavy (non-hydrogen) atoms. The number of hydroxylamine groups is 1. The topological polar surface area (TPSA) is 174 Å². The molecule has 11 nitrogen and oxygen atoms in total. The van der Waals surface area contributed by atoms with E-state index in [2.05, 4.69) is 10.6 Å². The molecule has 0 heterocycles. The molecule has 1 unspecified atom stereocenters. The first-order chi connectivity index (χ1) is 12.7. The molecule has 0 aromatic carbocycles. The van der Waals surface area contributed by atoms with E-state index < -0.39 is 18.0 Å². The van der Waals surface area contributed by atoms with Gasteiger partial charge in [-0.15, -0.1) is 0 Å². The van der Waals surface area contributed by atoms with E-state index in [1.165, 1.54) is 12.4 Å². The van der Waals surface area contributed by atoms with Crippen LogP contribution in [0.4, 0.5) is 4.79 Å². The lowest BCUT2D eigenvalue weighted by Crippen LogP contribution is -2.45. The Bertz CT molecular complexity index is 573. The van der Waals surface area contributed by atoms with Crippen molar-refractivity contribution in [2.45, 2.75) is 51.5 Å². The van der Waals surface area contributed by atoms with Crippen molar-refractivity contribution in [3.8, 4) is 0 Å². The maximum Gasteiger partial charge on any atom is 0.339 e. The number of aliphatic carboxylic acids is 1. The maximum absolute atomic E-state index is 11.9. The molecular formula is C16H26N4O7. The summed E-state index contributed by atoms with van der Waals surface area (Å²) in [7, 11) is 0. The van der Waals surface area contributed by atoms with Crippen LogP contribution in [0.3, 0.4) is 0 Å². The number of imide groups is 1. The number of carbonyl (C=O) groups is 5. The quantitative estimate of drug-likeness (QED) is 0.241. The lowest BCUT2D eigenvalue weighted by molar-refractivity contribution is -0.139. The van der Waals surface area contributed by atoms with E-state index >= 15 is 0 Å². The number of carboxylic acid groups (broad SMARTS) is 1. The summed E-state index contributed by atoms with van der Waals surface area (Å²) in [5.74, 6) is -2.27. The number of carbonyl (C=O) groups excluding carboxylic acids is 4. The van der Waals surface area contributed by atoms with Crippen molar-refractivity contribution in [1.29, 1.82) is 0 Å². The van der Waals surface area contributed by atoms with Gasteiger partial charge in [-0.05, 0) is 38.0 Å². The lowest BCUT2D eigenvalue weighted by Gasteiger charge is -2.27. The van der Waals surface area contributed by atoms with Crippen molar-refractivity contribution in [2.24, 2.45) is 11.8 Å². The maximum atomic E-state index is 11.9. The Labute approximate surface area is 156 Å². The second kappa shape index (κ2) is 11.1. The standard InChI is InChI=1S/C16H26N4O7/c1-9(21)18-14(23)11-4-2-10(3-5-11)8-17-13(22)7-6-12(15(24)25)19-16(26)20-27/h10-12,27H,2-8H2,1H3,(H,17,22)(H,24,25)(H,18,21,23)(H2,19,20,26). The molecule has 0 spiro atoms. The van der Waals surface area contributed by atoms with E-state index in [0.717, 1.165) is 12.8 Å². The number of amides is 5. The van der Waals surface area contributed by atoms with Crippen LogP contribution in [0.5, 0.6) is 0 Å². The van der Waals surface area contributed by atoms with Gasteiger partial charge < -0.3 is 15.7 Å². The lowest BCUT2D eigenvalue weighted by atomic mass is 9.81. The minimum Gasteiger partial charge on any atom is -0.480 e. The normalized spacial score (nSPS) is 20.1. The highest BCUT2D eigenvalue weighted by Crippen LogP contribution is 2.28. The molecule has 1 fully saturated rings. The third-order valence-corrected chi connectivity index (χ3v) is 4.47. The third kappa shape index (κ3) is 8.49. The summed E-state index contributed by atoms with van der Waals surface area (Å²) in [5.41, 5.74) is 1.27. The highest BCUT2D eigenvalue weighted by atomic mass is 16.5. The number of nitrogens with one attached hydrogen (secondary N) is 4. The summed E-state index contributed by atoms with van der Waals surface area (Å²) >= 11 is 0. The van der Waals surface area contributed by atoms with Crippen LogP contribution in [-0.2, 0) is 19.2 Å². The fourth-order valence-electron chi connectivity index (χ4n) is 2.97. The van der Waals surface area contributed by atoms with Crippen LogP contribution in [0.15, 0.2) is 0 Å². The molecule has 0 aliphatic heterocycles. The molecule has 152 valence electrons. The molecule has 1 rings (SSSR count). The minimum absolute atomic E-state index is 0.0982. The van der Waals surface area contributed by atoms with E-state index in [0.29, 0.717) is 19.4 Å². The highest BCUT2D eigenvalue weighted by molar-refractivity contribution is 5.95. The van der Waals surface area contributed by atoms with Gasteiger partial charge in [-0.2, -0.15) is 0 Å². The van der Waals surface area contributed by atoms with Gasteiger partial charge in [-0.25, -0.2) is 15.1 Å². The van der Waals surface area contributed by atoms with Crippen LogP contribution in [0.1, 0.15) is 45.4 Å². The molecule has 1 aliphatic carbocycles. The first-order valence-electron chi connectivity index (χ1n) is 8.74. The van der Waals surface area contributed by atoms with Crippen LogP contribution < -0.4 is 21.4 Å². The van der Waals surface area contributed by atoms with Crippen LogP contribution in [0.25, 0.3) is 0 Å². The Morgan fingerprint density at radius 2 is 1.70 bits per heavy atom. The Balaban J connectivity index is 2.29. The average molecular weight is 386 g/mol. The van der Waals surface area contributed by atoms with Crippen molar-refractivity contribution in [2.75, 3.05) is 6.54 Å². The van der Waals surface area contributed by atoms with Crippen molar-refractivity contribution < 1.29 is 34.3 Å². The SMILES string of the molecule is CC(=O)NC(=O)C1CCC(CNC(=O)CCC(NC(=O)NO)C(=O)O)CC1. The second-order valence-corrected chi connectivity index (χ2v) is 6.58. The predicted octanol–water partition coefficient (Wildman–Crippen LogP) is -0.506. The second-order valence-electron chi connectivity index (χ2n) is 6.58. The van der Waals surface area contributed by atoms with E-state index in [4.69, 9.17) is 10.3 Å². The third-order valence-electron chi connectivity index (χ3n) is 4.47. The molecule has 1 saturated carbocycles. The number of carboxylic acids is 1. The summed E-state index contributed by atoms with van der Waals surface area (Å²) in [4.78, 5) is 56.5. The molecule has 1 aliphatic rings. The van der Waals surface area contributed by atoms with Crippen LogP contribution in [-0.4, -0.2) is 52.6 Å². The number of rotatable bonds is 8. The van der Waals surface area contributed by atoms with E-state index in [9.17, 15) is 24.0 Å². The van der Waals surface area contributed by atoms with E-state index in [-0.39, 0.29) is 42.4 Å². The van der Waals surface area contributed by atoms with Crippen LogP contribution in [0, 0.1) is 11.8 Å². The summed E-state index contributed by atoms with van der Waals surface area (Å²) in [6, 6.07) is -2.36. The summed E-state index contributed by atoms with van der Waals surface area (Å²) in [6.45, 7) is 1.71. The molecule has 11 heteroatoms. The molecule has 6 N–H and O–H groups in total. The summed E-state index contributed by atoms with van der Waals surface area (Å²) in [6.07, 6.45) is 2.55. The first-order valence-corrected chi connectivity index (χ1v) is 8.74. The van der Waals surface area contributed by atoms with E-state index in [1.54, 1.807) is 0 Å². The molecule has 0 radical (unpaired) electrons. The monoisotopic (exact) mass is 386 g/mol. The van der Waals surface area contributed by atoms with Crippen molar-refractivity contribution >= 4 is 29.7 Å². The zero-order chi connectivity index (χ0) is 20.4. The van der Waals surface area contributed by atoms with Crippen LogP contribution in [0.2, 0.25) is 0 Å². The zero-order valence-corrected chi connectivity index (χ0v) is 15.1. The zero-order valence-electron chi connectivity index (χ0n) is 15.1. The fourth-order valence-corrected chi connectivity index (χ4v) is 2.97. The summed E-state index contributed by atoms with van der Waals surface area (Å²) in [5, 5.41) is 24.4. The number of hydrogen-bond acceptors (Lipinski definition) is 6. The molecule has 1 atom stereocenters. The van der Waals surface area contributed by atoms with Crippen molar-refractivity contribution in [1.82, 2.24) is 21.4 Å². The van der Waals surface area contributed by atoms with Gasteiger partial charge >= 0.3 is 12.0 Å². The Kier molecular flexibility index (Phi) is 9.20. The minimum atomic E-state index is -1.31. The Hall–Kier alpha value is -2.69. The molecule has 5 amide bonds. The van der Waals surface area contributed by atoms with Gasteiger partial charge in [0.2, 0.25) is 17.7 Å². The molecule has 0 aromatic rings. The van der Waals surface area contributed by atoms with Gasteiger partial charge in [0.1, 0.15) is 6.04 Å². The average Bonchev–Trinajstić information content (AvgIpc) is 2.62. The van der Waals surface area contributed by atoms with Gasteiger partial charge in [0, 0.05) is 25.8 Å². The Morgan fingerprint density at radius 3 is 2.22 bits per heavy atom. The highest BCUT2D eigenvalue weighted by Gasteiger charge is 2.27. The van der Waals surface area contributed by atoms with Gasteiger partial charge in [-0.1, -0.05) is 0 Å². The van der Waals surface area contributed by atoms with Gasteiger partial charge in [-0.3, -0.25) is 24.9 Å². The molecular weight excluding hydrogens is 360 g/mol. The molecule has 0 saturated heterocycles. The fraction of sp³-hybridized carbons (Fsp3) is 0.688. The summed E-state index contributed by atoms with van der Waals surface area (Å²) < 4.78 is 0. The predicted molar refractivity (Wildman–Crippen MR) is 91.4 cm³/mol. The largest absolute Gasteiger partial charge is 0.480 e. The van der Waals surface area contributed by atoms with Crippen LogP contribution >= 0.6 is 0 Å². The molecule has 0 bridgehead atoms.